The lowest BCUT2D eigenvalue weighted by Gasteiger charge is -2.39. The largest absolute Gasteiger partial charge is 0.497 e. The van der Waals surface area contributed by atoms with E-state index in [0.29, 0.717) is 23.7 Å². The van der Waals surface area contributed by atoms with Gasteiger partial charge in [0, 0.05) is 43.5 Å². The third kappa shape index (κ3) is 5.13. The Kier molecular flexibility index (Phi) is 7.15. The second kappa shape index (κ2) is 11.2. The Labute approximate surface area is 231 Å². The molecule has 2 aromatic heterocycles. The summed E-state index contributed by atoms with van der Waals surface area (Å²) in [6.07, 6.45) is 0. The zero-order valence-electron chi connectivity index (χ0n) is 22.5. The highest BCUT2D eigenvalue weighted by atomic mass is 16.5. The number of hydrogen-bond acceptors (Lipinski definition) is 8. The first-order valence-electron chi connectivity index (χ1n) is 13.3. The first-order valence-corrected chi connectivity index (χ1v) is 13.3. The lowest BCUT2D eigenvalue weighted by atomic mass is 10.0. The number of H-pyrrole nitrogens is 1. The van der Waals surface area contributed by atoms with Gasteiger partial charge in [0.05, 0.1) is 26.3 Å². The second-order valence-corrected chi connectivity index (χ2v) is 9.81. The fourth-order valence-corrected chi connectivity index (χ4v) is 5.33. The van der Waals surface area contributed by atoms with E-state index in [1.807, 2.05) is 66.7 Å². The number of nitrogens with one attached hydrogen (secondary N) is 1. The minimum absolute atomic E-state index is 0.169. The van der Waals surface area contributed by atoms with Gasteiger partial charge in [-0.15, -0.1) is 5.10 Å². The third-order valence-corrected chi connectivity index (χ3v) is 7.47. The van der Waals surface area contributed by atoms with Gasteiger partial charge < -0.3 is 19.4 Å². The smallest absolute Gasteiger partial charge is 0.253 e. The van der Waals surface area contributed by atoms with Crippen molar-refractivity contribution in [1.82, 2.24) is 30.1 Å². The van der Waals surface area contributed by atoms with Crippen molar-refractivity contribution in [3.05, 3.63) is 106 Å². The third-order valence-electron chi connectivity index (χ3n) is 7.47. The van der Waals surface area contributed by atoms with E-state index in [4.69, 9.17) is 9.47 Å². The number of piperazine rings is 1. The quantitative estimate of drug-likeness (QED) is 0.321. The Balaban J connectivity index is 1.36. The number of benzene rings is 3. The number of aromatic nitrogens is 5. The van der Waals surface area contributed by atoms with Gasteiger partial charge in [0.25, 0.3) is 5.56 Å². The normalized spacial score (nSPS) is 14.8. The molecule has 5 aromatic rings. The maximum Gasteiger partial charge on any atom is 0.253 e. The topological polar surface area (TPSA) is 101 Å². The van der Waals surface area contributed by atoms with E-state index in [-0.39, 0.29) is 5.56 Å². The Morgan fingerprint density at radius 2 is 1.60 bits per heavy atom. The molecule has 6 rings (SSSR count). The highest BCUT2D eigenvalue weighted by Crippen LogP contribution is 2.30. The average Bonchev–Trinajstić information content (AvgIpc) is 3.45. The molecule has 0 bridgehead atoms. The van der Waals surface area contributed by atoms with Crippen LogP contribution >= 0.6 is 0 Å². The number of hydrogen-bond donors (Lipinski definition) is 1. The highest BCUT2D eigenvalue weighted by molar-refractivity contribution is 5.80. The summed E-state index contributed by atoms with van der Waals surface area (Å²) in [7, 11) is 3.28. The summed E-state index contributed by atoms with van der Waals surface area (Å²) >= 11 is 0. The van der Waals surface area contributed by atoms with Crippen molar-refractivity contribution >= 4 is 16.6 Å². The van der Waals surface area contributed by atoms with Gasteiger partial charge in [0.1, 0.15) is 17.5 Å². The fourth-order valence-electron chi connectivity index (χ4n) is 5.33. The van der Waals surface area contributed by atoms with Crippen LogP contribution in [0.3, 0.4) is 0 Å². The molecule has 0 aliphatic carbocycles. The van der Waals surface area contributed by atoms with Crippen molar-refractivity contribution in [2.75, 3.05) is 45.3 Å². The van der Waals surface area contributed by atoms with Crippen LogP contribution in [0.4, 0.5) is 5.69 Å². The van der Waals surface area contributed by atoms with Crippen LogP contribution in [-0.4, -0.2) is 70.5 Å². The van der Waals surface area contributed by atoms with Crippen molar-refractivity contribution in [2.45, 2.75) is 12.6 Å². The zero-order chi connectivity index (χ0) is 27.5. The molecule has 1 fully saturated rings. The number of rotatable bonds is 8. The summed E-state index contributed by atoms with van der Waals surface area (Å²) in [6, 6.07) is 25.4. The number of nitrogens with zero attached hydrogens (tertiary/aromatic N) is 6. The molecule has 1 atom stereocenters. The van der Waals surface area contributed by atoms with Gasteiger partial charge in [0.15, 0.2) is 5.82 Å². The lowest BCUT2D eigenvalue weighted by Crippen LogP contribution is -2.49. The Morgan fingerprint density at radius 1 is 0.875 bits per heavy atom. The molecular formula is C30H31N7O3. The molecule has 1 saturated heterocycles. The molecule has 10 nitrogen and oxygen atoms in total. The van der Waals surface area contributed by atoms with E-state index < -0.39 is 6.04 Å². The van der Waals surface area contributed by atoms with E-state index in [1.54, 1.807) is 18.9 Å². The van der Waals surface area contributed by atoms with Gasteiger partial charge in [0.2, 0.25) is 0 Å². The van der Waals surface area contributed by atoms with E-state index >= 15 is 0 Å². The number of ether oxygens (including phenoxy) is 2. The van der Waals surface area contributed by atoms with Crippen molar-refractivity contribution in [3.8, 4) is 11.5 Å². The monoisotopic (exact) mass is 537 g/mol. The number of anilines is 1. The van der Waals surface area contributed by atoms with E-state index in [1.165, 1.54) is 0 Å². The van der Waals surface area contributed by atoms with Gasteiger partial charge in [-0.05, 0) is 63.8 Å². The molecule has 3 heterocycles. The molecule has 0 spiro atoms. The van der Waals surface area contributed by atoms with Crippen LogP contribution in [0.2, 0.25) is 0 Å². The zero-order valence-corrected chi connectivity index (χ0v) is 22.5. The number of pyridine rings is 1. The van der Waals surface area contributed by atoms with Crippen LogP contribution in [-0.2, 0) is 6.54 Å². The molecule has 1 aliphatic rings. The molecule has 1 aliphatic heterocycles. The van der Waals surface area contributed by atoms with Gasteiger partial charge in [-0.1, -0.05) is 30.3 Å². The Hall–Kier alpha value is -4.70. The van der Waals surface area contributed by atoms with Gasteiger partial charge in [-0.25, -0.2) is 4.68 Å². The van der Waals surface area contributed by atoms with Crippen molar-refractivity contribution in [3.63, 3.8) is 0 Å². The second-order valence-electron chi connectivity index (χ2n) is 9.81. The van der Waals surface area contributed by atoms with E-state index in [0.717, 1.165) is 54.1 Å². The van der Waals surface area contributed by atoms with Crippen molar-refractivity contribution in [1.29, 1.82) is 0 Å². The van der Waals surface area contributed by atoms with Crippen LogP contribution in [0.25, 0.3) is 10.9 Å². The molecular weight excluding hydrogens is 506 g/mol. The summed E-state index contributed by atoms with van der Waals surface area (Å²) in [5.74, 6) is 2.16. The first kappa shape index (κ1) is 25.6. The molecule has 3 aromatic carbocycles. The number of tetrazole rings is 1. The summed E-state index contributed by atoms with van der Waals surface area (Å²) < 4.78 is 12.5. The van der Waals surface area contributed by atoms with E-state index in [9.17, 15) is 4.79 Å². The van der Waals surface area contributed by atoms with E-state index in [2.05, 4.69) is 42.4 Å². The van der Waals surface area contributed by atoms with Crippen LogP contribution in [0.5, 0.6) is 11.5 Å². The standard InChI is InChI=1S/C30H31N7O3/c1-39-24-12-9-23(10-13-24)35-14-16-36(17-15-35)28(29-32-33-34-37(29)20-21-6-4-3-5-7-21)26-18-22-8-11-25(40-2)19-27(22)31-30(26)38/h3-13,18-19,28H,14-17,20H2,1-2H3,(H,31,38). The minimum Gasteiger partial charge on any atom is -0.497 e. The van der Waals surface area contributed by atoms with Crippen molar-refractivity contribution < 1.29 is 9.47 Å². The summed E-state index contributed by atoms with van der Waals surface area (Å²) in [5.41, 5.74) is 3.39. The van der Waals surface area contributed by atoms with Gasteiger partial charge >= 0.3 is 0 Å². The highest BCUT2D eigenvalue weighted by Gasteiger charge is 2.33. The molecule has 0 saturated carbocycles. The molecule has 204 valence electrons. The van der Waals surface area contributed by atoms with Crippen LogP contribution in [0.1, 0.15) is 23.0 Å². The molecule has 40 heavy (non-hydrogen) atoms. The predicted molar refractivity (Wildman–Crippen MR) is 153 cm³/mol. The summed E-state index contributed by atoms with van der Waals surface area (Å²) in [5, 5.41) is 13.7. The fraction of sp³-hybridized carbons (Fsp3) is 0.267. The van der Waals surface area contributed by atoms with Crippen LogP contribution in [0.15, 0.2) is 83.7 Å². The molecule has 1 unspecified atom stereocenters. The number of fused-ring (bicyclic) bond motifs is 1. The maximum atomic E-state index is 13.6. The molecule has 10 heteroatoms. The average molecular weight is 538 g/mol. The number of aromatic amines is 1. The number of methoxy groups -OCH3 is 2. The molecule has 0 radical (unpaired) electrons. The SMILES string of the molecule is COc1ccc(N2CCN(C(c3cc4ccc(OC)cc4[nH]c3=O)c3nnnn3Cc3ccccc3)CC2)cc1. The summed E-state index contributed by atoms with van der Waals surface area (Å²) in [6.45, 7) is 3.57. The van der Waals surface area contributed by atoms with Gasteiger partial charge in [-0.3, -0.25) is 9.69 Å². The maximum absolute atomic E-state index is 13.6. The predicted octanol–water partition coefficient (Wildman–Crippen LogP) is 3.49. The lowest BCUT2D eigenvalue weighted by molar-refractivity contribution is 0.200. The van der Waals surface area contributed by atoms with Crippen molar-refractivity contribution in [2.24, 2.45) is 0 Å². The molecule has 1 N–H and O–H groups in total. The van der Waals surface area contributed by atoms with Gasteiger partial charge in [-0.2, -0.15) is 0 Å². The summed E-state index contributed by atoms with van der Waals surface area (Å²) in [4.78, 5) is 21.3. The van der Waals surface area contributed by atoms with Crippen LogP contribution in [0, 0.1) is 0 Å². The first-order chi connectivity index (χ1) is 19.6. The minimum atomic E-state index is -0.424. The molecule has 0 amide bonds. The Morgan fingerprint density at radius 3 is 2.33 bits per heavy atom. The Bertz CT molecular complexity index is 1640. The van der Waals surface area contributed by atoms with Crippen LogP contribution < -0.4 is 19.9 Å².